The Morgan fingerprint density at radius 3 is 2.83 bits per heavy atom. The molecule has 0 saturated heterocycles. The van der Waals surface area contributed by atoms with Crippen LogP contribution in [-0.2, 0) is 4.79 Å². The van der Waals surface area contributed by atoms with E-state index < -0.39 is 5.97 Å². The van der Waals surface area contributed by atoms with Crippen LogP contribution < -0.4 is 4.74 Å². The fourth-order valence-electron chi connectivity index (χ4n) is 2.37. The molecular weight excluding hydrogens is 296 g/mol. The Labute approximate surface area is 134 Å². The zero-order chi connectivity index (χ0) is 17.0. The average molecular weight is 314 g/mol. The molecule has 120 valence electrons. The average Bonchev–Trinajstić information content (AvgIpc) is 2.52. The number of carboxylic acids is 1. The number of ether oxygens (including phenoxy) is 1. The highest BCUT2D eigenvalue weighted by Gasteiger charge is 2.25. The first-order valence-electron chi connectivity index (χ1n) is 7.23. The minimum absolute atomic E-state index is 0.155. The van der Waals surface area contributed by atoms with Crippen LogP contribution in [0.2, 0.25) is 0 Å². The molecule has 0 aromatic heterocycles. The number of rotatable bonds is 5. The Kier molecular flexibility index (Phi) is 4.91. The summed E-state index contributed by atoms with van der Waals surface area (Å²) in [4.78, 5) is 12.9. The van der Waals surface area contributed by atoms with E-state index in [1.807, 2.05) is 6.92 Å². The molecule has 0 spiro atoms. The number of hydrogen-bond acceptors (Lipinski definition) is 5. The molecule has 6 heteroatoms. The Bertz CT molecular complexity index is 716. The van der Waals surface area contributed by atoms with Crippen molar-refractivity contribution in [1.29, 1.82) is 5.26 Å². The van der Waals surface area contributed by atoms with E-state index in [1.54, 1.807) is 30.1 Å². The van der Waals surface area contributed by atoms with Crippen molar-refractivity contribution < 1.29 is 19.7 Å². The fraction of sp³-hybridized carbons (Fsp3) is 0.294. The van der Waals surface area contributed by atoms with Crippen molar-refractivity contribution in [3.63, 3.8) is 0 Å². The van der Waals surface area contributed by atoms with Gasteiger partial charge < -0.3 is 19.8 Å². The Balaban J connectivity index is 2.38. The van der Waals surface area contributed by atoms with Gasteiger partial charge in [0.2, 0.25) is 0 Å². The normalized spacial score (nSPS) is 17.1. The van der Waals surface area contributed by atoms with Crippen molar-refractivity contribution in [2.75, 3.05) is 13.7 Å². The number of nitrogens with zero attached hydrogens (tertiary/aromatic N) is 2. The zero-order valence-corrected chi connectivity index (χ0v) is 13.0. The van der Waals surface area contributed by atoms with Crippen LogP contribution in [0.25, 0.3) is 0 Å². The van der Waals surface area contributed by atoms with E-state index in [-0.39, 0.29) is 17.4 Å². The van der Waals surface area contributed by atoms with Gasteiger partial charge in [-0.15, -0.1) is 0 Å². The van der Waals surface area contributed by atoms with Gasteiger partial charge >= 0.3 is 5.97 Å². The third kappa shape index (κ3) is 3.46. The van der Waals surface area contributed by atoms with Gasteiger partial charge in [0.25, 0.3) is 0 Å². The maximum absolute atomic E-state index is 11.2. The van der Waals surface area contributed by atoms with E-state index in [0.717, 1.165) is 12.0 Å². The van der Waals surface area contributed by atoms with Crippen LogP contribution in [0, 0.1) is 11.3 Å². The number of carboxylic acid groups (broad SMARTS) is 1. The number of nitriles is 1. The summed E-state index contributed by atoms with van der Waals surface area (Å²) < 4.78 is 5.53. The molecule has 6 nitrogen and oxygen atoms in total. The minimum atomic E-state index is -1.19. The van der Waals surface area contributed by atoms with Gasteiger partial charge in [-0.25, -0.2) is 4.79 Å². The van der Waals surface area contributed by atoms with Crippen LogP contribution in [0.4, 0.5) is 0 Å². The van der Waals surface area contributed by atoms with Gasteiger partial charge in [0.05, 0.1) is 18.2 Å². The Hall–Kier alpha value is -2.94. The second kappa shape index (κ2) is 6.88. The maximum Gasteiger partial charge on any atom is 0.339 e. The number of aliphatic hydroxyl groups is 1. The van der Waals surface area contributed by atoms with Gasteiger partial charge in [-0.1, -0.05) is 13.0 Å². The van der Waals surface area contributed by atoms with E-state index in [4.69, 9.17) is 9.84 Å². The van der Waals surface area contributed by atoms with Crippen LogP contribution in [-0.4, -0.2) is 34.7 Å². The van der Waals surface area contributed by atoms with Crippen LogP contribution in [0.5, 0.6) is 5.75 Å². The van der Waals surface area contributed by atoms with Crippen molar-refractivity contribution in [2.24, 2.45) is 0 Å². The molecule has 0 amide bonds. The van der Waals surface area contributed by atoms with E-state index in [0.29, 0.717) is 17.9 Å². The summed E-state index contributed by atoms with van der Waals surface area (Å²) in [6.07, 6.45) is 3.66. The van der Waals surface area contributed by atoms with Gasteiger partial charge in [0.15, 0.2) is 0 Å². The molecule has 0 bridgehead atoms. The standard InChI is InChI=1S/C17H18N2O4/c1-3-6-23-16-5-4-11(7-12(16)9-18)14-8-13(17(21)22)15(20)10-19(14)2/h4-5,7-8,10,14,20H,3,6H2,1-2H3,(H,21,22). The van der Waals surface area contributed by atoms with Gasteiger partial charge in [0.1, 0.15) is 23.2 Å². The predicted octanol–water partition coefficient (Wildman–Crippen LogP) is 2.74. The van der Waals surface area contributed by atoms with Crippen LogP contribution >= 0.6 is 0 Å². The molecule has 1 aliphatic rings. The quantitative estimate of drug-likeness (QED) is 0.868. The Morgan fingerprint density at radius 2 is 2.22 bits per heavy atom. The van der Waals surface area contributed by atoms with Crippen LogP contribution in [0.3, 0.4) is 0 Å². The fourth-order valence-corrected chi connectivity index (χ4v) is 2.37. The molecule has 2 rings (SSSR count). The SMILES string of the molecule is CCCOc1ccc(C2C=C(C(=O)O)C(O)=CN2C)cc1C#N. The third-order valence-electron chi connectivity index (χ3n) is 3.52. The second-order valence-electron chi connectivity index (χ2n) is 5.23. The molecule has 1 aromatic carbocycles. The lowest BCUT2D eigenvalue weighted by molar-refractivity contribution is -0.132. The first kappa shape index (κ1) is 16.4. The van der Waals surface area contributed by atoms with Gasteiger partial charge in [-0.3, -0.25) is 0 Å². The summed E-state index contributed by atoms with van der Waals surface area (Å²) in [6, 6.07) is 6.89. The second-order valence-corrected chi connectivity index (χ2v) is 5.23. The van der Waals surface area contributed by atoms with Crippen molar-refractivity contribution in [3.05, 3.63) is 52.9 Å². The van der Waals surface area contributed by atoms with Gasteiger partial charge in [-0.05, 0) is 30.2 Å². The molecular formula is C17H18N2O4. The van der Waals surface area contributed by atoms with Crippen molar-refractivity contribution in [2.45, 2.75) is 19.4 Å². The van der Waals surface area contributed by atoms with Crippen LogP contribution in [0.1, 0.15) is 30.5 Å². The van der Waals surface area contributed by atoms with Crippen molar-refractivity contribution in [1.82, 2.24) is 4.90 Å². The number of carbonyl (C=O) groups is 1. The van der Waals surface area contributed by atoms with Gasteiger partial charge in [0, 0.05) is 13.2 Å². The summed E-state index contributed by atoms with van der Waals surface area (Å²) in [7, 11) is 1.73. The number of aliphatic carboxylic acids is 1. The van der Waals surface area contributed by atoms with E-state index in [2.05, 4.69) is 6.07 Å². The first-order valence-corrected chi connectivity index (χ1v) is 7.23. The predicted molar refractivity (Wildman–Crippen MR) is 83.9 cm³/mol. The molecule has 1 unspecified atom stereocenters. The molecule has 1 heterocycles. The monoisotopic (exact) mass is 314 g/mol. The number of benzene rings is 1. The highest BCUT2D eigenvalue weighted by atomic mass is 16.5. The first-order chi connectivity index (χ1) is 11.0. The molecule has 23 heavy (non-hydrogen) atoms. The third-order valence-corrected chi connectivity index (χ3v) is 3.52. The lowest BCUT2D eigenvalue weighted by Crippen LogP contribution is -2.24. The maximum atomic E-state index is 11.2. The molecule has 1 aromatic rings. The minimum Gasteiger partial charge on any atom is -0.506 e. The summed E-state index contributed by atoms with van der Waals surface area (Å²) >= 11 is 0. The molecule has 1 atom stereocenters. The lowest BCUT2D eigenvalue weighted by Gasteiger charge is -2.29. The molecule has 0 aliphatic carbocycles. The summed E-state index contributed by atoms with van der Waals surface area (Å²) in [5.41, 5.74) is 0.988. The molecule has 0 saturated carbocycles. The van der Waals surface area contributed by atoms with Gasteiger partial charge in [-0.2, -0.15) is 5.26 Å². The Morgan fingerprint density at radius 1 is 1.48 bits per heavy atom. The largest absolute Gasteiger partial charge is 0.506 e. The zero-order valence-electron chi connectivity index (χ0n) is 13.0. The van der Waals surface area contributed by atoms with E-state index in [9.17, 15) is 15.2 Å². The number of hydrogen-bond donors (Lipinski definition) is 2. The topological polar surface area (TPSA) is 93.8 Å². The molecule has 1 aliphatic heterocycles. The molecule has 0 radical (unpaired) electrons. The summed E-state index contributed by atoms with van der Waals surface area (Å²) in [5.74, 6) is -0.975. The highest BCUT2D eigenvalue weighted by Crippen LogP contribution is 2.31. The smallest absolute Gasteiger partial charge is 0.339 e. The van der Waals surface area contributed by atoms with E-state index in [1.165, 1.54) is 12.3 Å². The summed E-state index contributed by atoms with van der Waals surface area (Å²) in [6.45, 7) is 2.51. The van der Waals surface area contributed by atoms with Crippen molar-refractivity contribution in [3.8, 4) is 11.8 Å². The molecule has 0 fully saturated rings. The lowest BCUT2D eigenvalue weighted by atomic mass is 9.97. The van der Waals surface area contributed by atoms with Crippen molar-refractivity contribution >= 4 is 5.97 Å². The summed E-state index contributed by atoms with van der Waals surface area (Å²) in [5, 5.41) is 28.1. The number of aliphatic hydroxyl groups excluding tert-OH is 1. The number of likely N-dealkylation sites (N-methyl/N-ethyl adjacent to an activating group) is 1. The highest BCUT2D eigenvalue weighted by molar-refractivity contribution is 5.91. The van der Waals surface area contributed by atoms with Crippen LogP contribution in [0.15, 0.2) is 41.8 Å². The molecule has 2 N–H and O–H groups in total. The van der Waals surface area contributed by atoms with E-state index >= 15 is 0 Å².